The van der Waals surface area contributed by atoms with E-state index < -0.39 is 0 Å². The van der Waals surface area contributed by atoms with Crippen molar-refractivity contribution in [2.75, 3.05) is 6.54 Å². The fourth-order valence-electron chi connectivity index (χ4n) is 2.85. The summed E-state index contributed by atoms with van der Waals surface area (Å²) in [5, 5.41) is 3.56. The summed E-state index contributed by atoms with van der Waals surface area (Å²) in [4.78, 5) is 4.60. The molecule has 1 saturated heterocycles. The molecule has 2 aliphatic rings. The molecule has 16 heavy (non-hydrogen) atoms. The molecule has 4 heteroatoms. The molecule has 0 radical (unpaired) electrons. The first-order valence-corrected chi connectivity index (χ1v) is 6.38. The van der Waals surface area contributed by atoms with E-state index in [0.717, 1.165) is 25.9 Å². The van der Waals surface area contributed by atoms with Gasteiger partial charge in [-0.05, 0) is 32.2 Å². The van der Waals surface area contributed by atoms with Gasteiger partial charge in [0, 0.05) is 24.5 Å². The SMILES string of the molecule is NC1CCc2cnc(C3CCCCN3)n2C1. The minimum absolute atomic E-state index is 0.309. The number of hydrogen-bond acceptors (Lipinski definition) is 3. The van der Waals surface area contributed by atoms with Crippen LogP contribution in [-0.4, -0.2) is 22.1 Å². The van der Waals surface area contributed by atoms with Gasteiger partial charge >= 0.3 is 0 Å². The first-order chi connectivity index (χ1) is 7.84. The number of piperidine rings is 1. The molecule has 2 aliphatic heterocycles. The quantitative estimate of drug-likeness (QED) is 0.741. The molecule has 1 fully saturated rings. The summed E-state index contributed by atoms with van der Waals surface area (Å²) in [7, 11) is 0. The van der Waals surface area contributed by atoms with Gasteiger partial charge in [0.15, 0.2) is 0 Å². The standard InChI is InChI=1S/C12H20N4/c13-9-4-5-10-7-15-12(16(10)8-9)11-3-1-2-6-14-11/h7,9,11,14H,1-6,8,13H2. The molecule has 2 atom stereocenters. The molecular formula is C12H20N4. The monoisotopic (exact) mass is 220 g/mol. The molecule has 0 saturated carbocycles. The highest BCUT2D eigenvalue weighted by Crippen LogP contribution is 2.25. The van der Waals surface area contributed by atoms with E-state index >= 15 is 0 Å². The lowest BCUT2D eigenvalue weighted by Crippen LogP contribution is -2.35. The van der Waals surface area contributed by atoms with Crippen molar-refractivity contribution in [3.05, 3.63) is 17.7 Å². The van der Waals surface area contributed by atoms with Gasteiger partial charge in [0.25, 0.3) is 0 Å². The molecule has 1 aromatic heterocycles. The summed E-state index contributed by atoms with van der Waals surface area (Å²) in [5.41, 5.74) is 7.40. The maximum absolute atomic E-state index is 6.04. The maximum atomic E-state index is 6.04. The van der Waals surface area contributed by atoms with E-state index in [0.29, 0.717) is 12.1 Å². The Morgan fingerprint density at radius 1 is 1.38 bits per heavy atom. The number of imidazole rings is 1. The van der Waals surface area contributed by atoms with Gasteiger partial charge in [-0.15, -0.1) is 0 Å². The molecule has 4 nitrogen and oxygen atoms in total. The van der Waals surface area contributed by atoms with Crippen LogP contribution in [0.25, 0.3) is 0 Å². The smallest absolute Gasteiger partial charge is 0.126 e. The number of nitrogens with two attached hydrogens (primary N) is 1. The molecule has 0 spiro atoms. The van der Waals surface area contributed by atoms with Crippen molar-refractivity contribution in [2.45, 2.75) is 50.7 Å². The summed E-state index contributed by atoms with van der Waals surface area (Å²) >= 11 is 0. The number of rotatable bonds is 1. The fraction of sp³-hybridized carbons (Fsp3) is 0.750. The third kappa shape index (κ3) is 1.76. The molecule has 3 rings (SSSR count). The molecule has 0 aliphatic carbocycles. The topological polar surface area (TPSA) is 55.9 Å². The van der Waals surface area contributed by atoms with Gasteiger partial charge < -0.3 is 15.6 Å². The zero-order valence-corrected chi connectivity index (χ0v) is 9.65. The van der Waals surface area contributed by atoms with Crippen LogP contribution in [0.2, 0.25) is 0 Å². The van der Waals surface area contributed by atoms with E-state index in [1.54, 1.807) is 0 Å². The molecule has 0 amide bonds. The highest BCUT2D eigenvalue weighted by Gasteiger charge is 2.24. The van der Waals surface area contributed by atoms with E-state index in [2.05, 4.69) is 14.9 Å². The predicted molar refractivity (Wildman–Crippen MR) is 63.1 cm³/mol. The number of nitrogens with one attached hydrogen (secondary N) is 1. The molecule has 0 bridgehead atoms. The summed E-state index contributed by atoms with van der Waals surface area (Å²) in [6.07, 6.45) is 8.04. The molecular weight excluding hydrogens is 200 g/mol. The van der Waals surface area contributed by atoms with Gasteiger partial charge in [-0.3, -0.25) is 0 Å². The minimum Gasteiger partial charge on any atom is -0.329 e. The van der Waals surface area contributed by atoms with E-state index in [1.165, 1.54) is 30.8 Å². The Hall–Kier alpha value is -0.870. The van der Waals surface area contributed by atoms with Crippen molar-refractivity contribution >= 4 is 0 Å². The van der Waals surface area contributed by atoms with Crippen LogP contribution >= 0.6 is 0 Å². The number of aryl methyl sites for hydroxylation is 1. The van der Waals surface area contributed by atoms with Crippen LogP contribution in [0.4, 0.5) is 0 Å². The fourth-order valence-corrected chi connectivity index (χ4v) is 2.85. The van der Waals surface area contributed by atoms with Crippen molar-refractivity contribution < 1.29 is 0 Å². The molecule has 3 N–H and O–H groups in total. The average molecular weight is 220 g/mol. The van der Waals surface area contributed by atoms with Crippen molar-refractivity contribution in [1.29, 1.82) is 0 Å². The molecule has 0 aromatic carbocycles. The van der Waals surface area contributed by atoms with Gasteiger partial charge in [-0.2, -0.15) is 0 Å². The zero-order valence-electron chi connectivity index (χ0n) is 9.65. The molecule has 1 aromatic rings. The van der Waals surface area contributed by atoms with E-state index in [4.69, 9.17) is 5.73 Å². The Kier molecular flexibility index (Phi) is 2.69. The number of aromatic nitrogens is 2. The number of fused-ring (bicyclic) bond motifs is 1. The first-order valence-electron chi connectivity index (χ1n) is 6.38. The van der Waals surface area contributed by atoms with E-state index in [-0.39, 0.29) is 0 Å². The van der Waals surface area contributed by atoms with Gasteiger partial charge in [0.05, 0.1) is 6.04 Å². The van der Waals surface area contributed by atoms with Crippen molar-refractivity contribution in [2.24, 2.45) is 5.73 Å². The Balaban J connectivity index is 1.86. The van der Waals surface area contributed by atoms with Crippen molar-refractivity contribution in [1.82, 2.24) is 14.9 Å². The normalized spacial score (nSPS) is 30.1. The summed E-state index contributed by atoms with van der Waals surface area (Å²) in [5.74, 6) is 1.21. The molecule has 3 heterocycles. The lowest BCUT2D eigenvalue weighted by molar-refractivity contribution is 0.366. The Morgan fingerprint density at radius 3 is 3.12 bits per heavy atom. The van der Waals surface area contributed by atoms with Crippen LogP contribution < -0.4 is 11.1 Å². The van der Waals surface area contributed by atoms with E-state index in [9.17, 15) is 0 Å². The van der Waals surface area contributed by atoms with Crippen LogP contribution in [-0.2, 0) is 13.0 Å². The second-order valence-electron chi connectivity index (χ2n) is 5.02. The van der Waals surface area contributed by atoms with Gasteiger partial charge in [-0.25, -0.2) is 4.98 Å². The number of hydrogen-bond donors (Lipinski definition) is 2. The highest BCUT2D eigenvalue weighted by molar-refractivity contribution is 5.12. The number of nitrogens with zero attached hydrogens (tertiary/aromatic N) is 2. The first kappa shape index (κ1) is 10.3. The van der Waals surface area contributed by atoms with Crippen molar-refractivity contribution in [3.63, 3.8) is 0 Å². The second kappa shape index (κ2) is 4.18. The summed E-state index contributed by atoms with van der Waals surface area (Å²) < 4.78 is 2.34. The van der Waals surface area contributed by atoms with Crippen LogP contribution in [0.15, 0.2) is 6.20 Å². The molecule has 2 unspecified atom stereocenters. The summed E-state index contributed by atoms with van der Waals surface area (Å²) in [6.45, 7) is 2.07. The Morgan fingerprint density at radius 2 is 2.31 bits per heavy atom. The Labute approximate surface area is 96.2 Å². The second-order valence-corrected chi connectivity index (χ2v) is 5.02. The van der Waals surface area contributed by atoms with Gasteiger partial charge in [-0.1, -0.05) is 6.42 Å². The van der Waals surface area contributed by atoms with Crippen LogP contribution in [0, 0.1) is 0 Å². The minimum atomic E-state index is 0.309. The van der Waals surface area contributed by atoms with E-state index in [1.807, 2.05) is 6.20 Å². The summed E-state index contributed by atoms with van der Waals surface area (Å²) in [6, 6.07) is 0.761. The largest absolute Gasteiger partial charge is 0.329 e. The lowest BCUT2D eigenvalue weighted by Gasteiger charge is -2.27. The van der Waals surface area contributed by atoms with Crippen LogP contribution in [0.5, 0.6) is 0 Å². The highest BCUT2D eigenvalue weighted by atomic mass is 15.1. The Bertz CT molecular complexity index is 365. The van der Waals surface area contributed by atoms with Gasteiger partial charge in [0.1, 0.15) is 5.82 Å². The zero-order chi connectivity index (χ0) is 11.0. The predicted octanol–water partition coefficient (Wildman–Crippen LogP) is 0.971. The average Bonchev–Trinajstić information content (AvgIpc) is 2.73. The lowest BCUT2D eigenvalue weighted by atomic mass is 10.0. The van der Waals surface area contributed by atoms with Crippen molar-refractivity contribution in [3.8, 4) is 0 Å². The van der Waals surface area contributed by atoms with Crippen LogP contribution in [0.1, 0.15) is 43.2 Å². The maximum Gasteiger partial charge on any atom is 0.126 e. The third-order valence-electron chi connectivity index (χ3n) is 3.78. The molecule has 88 valence electrons. The third-order valence-corrected chi connectivity index (χ3v) is 3.78. The van der Waals surface area contributed by atoms with Gasteiger partial charge in [0.2, 0.25) is 0 Å². The van der Waals surface area contributed by atoms with Crippen LogP contribution in [0.3, 0.4) is 0 Å².